The van der Waals surface area contributed by atoms with Gasteiger partial charge >= 0.3 is 5.97 Å². The van der Waals surface area contributed by atoms with Crippen LogP contribution in [0.4, 0.5) is 0 Å². The summed E-state index contributed by atoms with van der Waals surface area (Å²) < 4.78 is 10.3. The molecule has 0 atom stereocenters. The molecule has 0 amide bonds. The molecular weight excluding hydrogens is 198 g/mol. The van der Waals surface area contributed by atoms with E-state index in [-0.39, 0.29) is 12.4 Å². The van der Waals surface area contributed by atoms with E-state index < -0.39 is 5.97 Å². The minimum absolute atomic E-state index is 0.0763. The minimum atomic E-state index is -1.08. The van der Waals surface area contributed by atoms with Gasteiger partial charge in [0.2, 0.25) is 11.7 Å². The summed E-state index contributed by atoms with van der Waals surface area (Å²) in [6.45, 7) is 4.68. The van der Waals surface area contributed by atoms with E-state index in [4.69, 9.17) is 14.3 Å². The Morgan fingerprint density at radius 3 is 2.73 bits per heavy atom. The lowest BCUT2D eigenvalue weighted by molar-refractivity contribution is 0.0644. The van der Waals surface area contributed by atoms with E-state index >= 15 is 0 Å². The summed E-state index contributed by atoms with van der Waals surface area (Å²) in [7, 11) is 0. The van der Waals surface area contributed by atoms with Gasteiger partial charge in [-0.15, -0.1) is 0 Å². The van der Waals surface area contributed by atoms with Crippen LogP contribution >= 0.6 is 0 Å². The van der Waals surface area contributed by atoms with Crippen molar-refractivity contribution in [3.05, 3.63) is 17.3 Å². The van der Waals surface area contributed by atoms with E-state index in [1.54, 1.807) is 0 Å². The van der Waals surface area contributed by atoms with Crippen LogP contribution in [0, 0.1) is 0 Å². The second-order valence-corrected chi connectivity index (χ2v) is 3.09. The van der Waals surface area contributed by atoms with Gasteiger partial charge in [0.25, 0.3) is 0 Å². The highest BCUT2D eigenvalue weighted by atomic mass is 16.5. The smallest absolute Gasteiger partial charge is 0.373 e. The first-order valence-electron chi connectivity index (χ1n) is 4.98. The Labute approximate surface area is 88.1 Å². The van der Waals surface area contributed by atoms with Crippen molar-refractivity contribution >= 4 is 5.97 Å². The zero-order valence-corrected chi connectivity index (χ0v) is 8.95. The molecule has 1 aromatic rings. The predicted octanol–water partition coefficient (Wildman–Crippen LogP) is 1.86. The summed E-state index contributed by atoms with van der Waals surface area (Å²) in [4.78, 5) is 14.8. The lowest BCUT2D eigenvalue weighted by Gasteiger charge is -1.96. The fourth-order valence-corrected chi connectivity index (χ4v) is 1.17. The van der Waals surface area contributed by atoms with Crippen molar-refractivity contribution in [2.24, 2.45) is 0 Å². The van der Waals surface area contributed by atoms with Gasteiger partial charge < -0.3 is 14.3 Å². The van der Waals surface area contributed by atoms with Crippen molar-refractivity contribution in [3.63, 3.8) is 0 Å². The Kier molecular flexibility index (Phi) is 4.30. The van der Waals surface area contributed by atoms with Crippen molar-refractivity contribution in [2.75, 3.05) is 6.61 Å². The lowest BCUT2D eigenvalue weighted by atomic mass is 10.3. The molecule has 0 spiro atoms. The number of carboxylic acids is 1. The number of hydrogen-bond donors (Lipinski definition) is 1. The molecule has 1 rings (SSSR count). The van der Waals surface area contributed by atoms with Crippen molar-refractivity contribution < 1.29 is 19.1 Å². The van der Waals surface area contributed by atoms with Crippen LogP contribution in [0.2, 0.25) is 0 Å². The van der Waals surface area contributed by atoms with Crippen LogP contribution < -0.4 is 0 Å². The number of rotatable bonds is 6. The van der Waals surface area contributed by atoms with Crippen LogP contribution in [0.15, 0.2) is 4.42 Å². The lowest BCUT2D eigenvalue weighted by Crippen LogP contribution is -1.98. The fraction of sp³-hybridized carbons (Fsp3) is 0.600. The first-order chi connectivity index (χ1) is 7.19. The molecule has 1 heterocycles. The molecule has 0 bridgehead atoms. The minimum Gasteiger partial charge on any atom is -0.475 e. The van der Waals surface area contributed by atoms with Crippen LogP contribution in [-0.2, 0) is 17.8 Å². The predicted molar refractivity (Wildman–Crippen MR) is 52.8 cm³/mol. The number of aromatic carboxylic acids is 1. The number of aromatic nitrogens is 1. The third kappa shape index (κ3) is 3.06. The molecule has 0 aliphatic carbocycles. The summed E-state index contributed by atoms with van der Waals surface area (Å²) in [6.07, 6.45) is 1.45. The molecule has 84 valence electrons. The third-order valence-corrected chi connectivity index (χ3v) is 1.84. The maximum Gasteiger partial charge on any atom is 0.373 e. The van der Waals surface area contributed by atoms with E-state index in [1.807, 2.05) is 13.8 Å². The standard InChI is InChI=1S/C10H15NO4/c1-3-5-14-6-8-11-7(4-2)9(15-8)10(12)13/h3-6H2,1-2H3,(H,12,13). The maximum absolute atomic E-state index is 10.7. The van der Waals surface area contributed by atoms with E-state index in [9.17, 15) is 4.79 Å². The molecule has 0 saturated carbocycles. The van der Waals surface area contributed by atoms with Crippen LogP contribution in [0.25, 0.3) is 0 Å². The Morgan fingerprint density at radius 2 is 2.27 bits per heavy atom. The van der Waals surface area contributed by atoms with E-state index in [0.29, 0.717) is 24.6 Å². The van der Waals surface area contributed by atoms with Crippen molar-refractivity contribution in [2.45, 2.75) is 33.3 Å². The Hall–Kier alpha value is -1.36. The van der Waals surface area contributed by atoms with Gasteiger partial charge in [-0.25, -0.2) is 9.78 Å². The van der Waals surface area contributed by atoms with Gasteiger partial charge in [0.1, 0.15) is 6.61 Å². The number of ether oxygens (including phenoxy) is 1. The maximum atomic E-state index is 10.7. The molecule has 0 saturated heterocycles. The first-order valence-corrected chi connectivity index (χ1v) is 4.98. The average Bonchev–Trinajstić information content (AvgIpc) is 2.62. The second-order valence-electron chi connectivity index (χ2n) is 3.09. The van der Waals surface area contributed by atoms with Crippen LogP contribution in [0.3, 0.4) is 0 Å². The number of aryl methyl sites for hydroxylation is 1. The molecule has 5 nitrogen and oxygen atoms in total. The summed E-state index contributed by atoms with van der Waals surface area (Å²) in [6, 6.07) is 0. The van der Waals surface area contributed by atoms with E-state index in [0.717, 1.165) is 6.42 Å². The molecule has 0 radical (unpaired) electrons. The van der Waals surface area contributed by atoms with Crippen molar-refractivity contribution in [3.8, 4) is 0 Å². The van der Waals surface area contributed by atoms with Gasteiger partial charge in [-0.2, -0.15) is 0 Å². The topological polar surface area (TPSA) is 72.6 Å². The van der Waals surface area contributed by atoms with Crippen molar-refractivity contribution in [1.29, 1.82) is 0 Å². The number of oxazole rings is 1. The van der Waals surface area contributed by atoms with Crippen LogP contribution in [0.5, 0.6) is 0 Å². The Balaban J connectivity index is 2.70. The molecule has 5 heteroatoms. The normalized spacial score (nSPS) is 10.5. The zero-order chi connectivity index (χ0) is 11.3. The third-order valence-electron chi connectivity index (χ3n) is 1.84. The monoisotopic (exact) mass is 213 g/mol. The molecule has 0 aliphatic heterocycles. The molecule has 15 heavy (non-hydrogen) atoms. The highest BCUT2D eigenvalue weighted by Crippen LogP contribution is 2.12. The van der Waals surface area contributed by atoms with Crippen LogP contribution in [0.1, 0.15) is 42.4 Å². The van der Waals surface area contributed by atoms with Gasteiger partial charge in [0, 0.05) is 6.61 Å². The highest BCUT2D eigenvalue weighted by Gasteiger charge is 2.17. The quantitative estimate of drug-likeness (QED) is 0.730. The summed E-state index contributed by atoms with van der Waals surface area (Å²) >= 11 is 0. The van der Waals surface area contributed by atoms with Gasteiger partial charge in [-0.3, -0.25) is 0 Å². The van der Waals surface area contributed by atoms with Gasteiger partial charge in [0.05, 0.1) is 5.69 Å². The SMILES string of the molecule is CCCOCc1nc(CC)c(C(=O)O)o1. The number of hydrogen-bond acceptors (Lipinski definition) is 4. The molecule has 1 N–H and O–H groups in total. The largest absolute Gasteiger partial charge is 0.475 e. The average molecular weight is 213 g/mol. The van der Waals surface area contributed by atoms with Gasteiger partial charge in [-0.05, 0) is 12.8 Å². The number of nitrogens with zero attached hydrogens (tertiary/aromatic N) is 1. The Morgan fingerprint density at radius 1 is 1.53 bits per heavy atom. The van der Waals surface area contributed by atoms with Crippen LogP contribution in [-0.4, -0.2) is 22.7 Å². The molecule has 0 aromatic carbocycles. The Bertz CT molecular complexity index is 332. The number of carboxylic acid groups (broad SMARTS) is 1. The molecule has 1 aromatic heterocycles. The number of carbonyl (C=O) groups is 1. The summed E-state index contributed by atoms with van der Waals surface area (Å²) in [5, 5.41) is 8.81. The molecular formula is C10H15NO4. The van der Waals surface area contributed by atoms with Gasteiger partial charge in [-0.1, -0.05) is 13.8 Å². The highest BCUT2D eigenvalue weighted by molar-refractivity contribution is 5.85. The summed E-state index contributed by atoms with van der Waals surface area (Å²) in [5.41, 5.74) is 0.470. The summed E-state index contributed by atoms with van der Waals surface area (Å²) in [5.74, 6) is -0.827. The molecule has 0 fully saturated rings. The second kappa shape index (κ2) is 5.50. The molecule has 0 aliphatic rings. The van der Waals surface area contributed by atoms with E-state index in [1.165, 1.54) is 0 Å². The van der Waals surface area contributed by atoms with Gasteiger partial charge in [0.15, 0.2) is 0 Å². The van der Waals surface area contributed by atoms with Crippen molar-refractivity contribution in [1.82, 2.24) is 4.98 Å². The zero-order valence-electron chi connectivity index (χ0n) is 8.95. The first kappa shape index (κ1) is 11.7. The van der Waals surface area contributed by atoms with E-state index in [2.05, 4.69) is 4.98 Å². The molecule has 0 unspecified atom stereocenters. The fourth-order valence-electron chi connectivity index (χ4n) is 1.17.